The van der Waals surface area contributed by atoms with E-state index in [-0.39, 0.29) is 17.0 Å². The van der Waals surface area contributed by atoms with Gasteiger partial charge in [0, 0.05) is 22.5 Å². The first-order valence-electron chi connectivity index (χ1n) is 10.4. The third kappa shape index (κ3) is 3.56. The molecule has 1 atom stereocenters. The van der Waals surface area contributed by atoms with E-state index in [1.807, 2.05) is 0 Å². The second-order valence-corrected chi connectivity index (χ2v) is 9.05. The number of ketones is 1. The number of aliphatic hydroxyl groups excluding tert-OH is 1. The number of benzene rings is 2. The molecular weight excluding hydrogens is 467 g/mol. The topological polar surface area (TPSA) is 66.8 Å². The number of nitrogens with zero attached hydrogens (tertiary/aromatic N) is 1. The van der Waals surface area contributed by atoms with E-state index in [1.54, 1.807) is 36.6 Å². The summed E-state index contributed by atoms with van der Waals surface area (Å²) in [6.07, 6.45) is -3.98. The number of carbonyl (C=O) groups is 2. The Labute approximate surface area is 196 Å². The van der Waals surface area contributed by atoms with Crippen molar-refractivity contribution in [2.45, 2.75) is 25.6 Å². The van der Waals surface area contributed by atoms with Crippen molar-refractivity contribution in [1.29, 1.82) is 0 Å². The highest BCUT2D eigenvalue weighted by Crippen LogP contribution is 2.46. The van der Waals surface area contributed by atoms with Gasteiger partial charge in [0.05, 0.1) is 17.7 Å². The third-order valence-corrected chi connectivity index (χ3v) is 7.08. The van der Waals surface area contributed by atoms with Crippen molar-refractivity contribution in [3.8, 4) is 5.75 Å². The summed E-state index contributed by atoms with van der Waals surface area (Å²) >= 11 is 1.26. The van der Waals surface area contributed by atoms with Gasteiger partial charge in [-0.3, -0.25) is 14.5 Å². The number of amides is 1. The number of rotatable bonds is 3. The molecule has 2 aliphatic heterocycles. The maximum absolute atomic E-state index is 13.4. The molecule has 1 amide bonds. The van der Waals surface area contributed by atoms with E-state index >= 15 is 0 Å². The zero-order valence-electron chi connectivity index (χ0n) is 17.8. The van der Waals surface area contributed by atoms with E-state index in [2.05, 4.69) is 0 Å². The molecule has 5 nitrogen and oxygen atoms in total. The molecule has 0 saturated carbocycles. The van der Waals surface area contributed by atoms with Crippen LogP contribution in [-0.4, -0.2) is 23.4 Å². The SMILES string of the molecule is Cc1ccsc1C1/C(=C(/O)c2ccc3c(c2)CCO3)C(=O)C(=O)N1c1cccc(C(F)(F)F)c1. The Bertz CT molecular complexity index is 1360. The molecule has 3 aromatic rings. The Morgan fingerprint density at radius 3 is 2.65 bits per heavy atom. The molecule has 9 heteroatoms. The number of hydrogen-bond acceptors (Lipinski definition) is 5. The normalized spacial score (nSPS) is 19.4. The van der Waals surface area contributed by atoms with Crippen molar-refractivity contribution < 1.29 is 32.6 Å². The zero-order chi connectivity index (χ0) is 24.2. The van der Waals surface area contributed by atoms with Gasteiger partial charge in [0.1, 0.15) is 17.6 Å². The Kier molecular flexibility index (Phi) is 5.24. The maximum Gasteiger partial charge on any atom is 0.416 e. The van der Waals surface area contributed by atoms with Gasteiger partial charge in [-0.25, -0.2) is 0 Å². The summed E-state index contributed by atoms with van der Waals surface area (Å²) in [4.78, 5) is 28.0. The molecule has 1 unspecified atom stereocenters. The quantitative estimate of drug-likeness (QED) is 0.296. The highest BCUT2D eigenvalue weighted by atomic mass is 32.1. The molecule has 2 aromatic carbocycles. The van der Waals surface area contributed by atoms with Crippen LogP contribution in [-0.2, 0) is 22.2 Å². The van der Waals surface area contributed by atoms with E-state index < -0.39 is 29.5 Å². The van der Waals surface area contributed by atoms with Crippen molar-refractivity contribution >= 4 is 34.5 Å². The summed E-state index contributed by atoms with van der Waals surface area (Å²) in [6.45, 7) is 2.29. The number of aliphatic hydroxyl groups is 1. The lowest BCUT2D eigenvalue weighted by Crippen LogP contribution is -2.29. The first kappa shape index (κ1) is 22.2. The van der Waals surface area contributed by atoms with Gasteiger partial charge in [0.2, 0.25) is 0 Å². The van der Waals surface area contributed by atoms with Crippen LogP contribution in [0.3, 0.4) is 0 Å². The van der Waals surface area contributed by atoms with Crippen molar-refractivity contribution in [2.75, 3.05) is 11.5 Å². The van der Waals surface area contributed by atoms with Gasteiger partial charge in [-0.1, -0.05) is 6.07 Å². The van der Waals surface area contributed by atoms with Crippen molar-refractivity contribution in [3.63, 3.8) is 0 Å². The van der Waals surface area contributed by atoms with Crippen molar-refractivity contribution in [2.24, 2.45) is 0 Å². The lowest BCUT2D eigenvalue weighted by Gasteiger charge is -2.25. The van der Waals surface area contributed by atoms with Gasteiger partial charge in [-0.15, -0.1) is 11.3 Å². The fourth-order valence-corrected chi connectivity index (χ4v) is 5.36. The molecule has 0 spiro atoms. The second kappa shape index (κ2) is 8.02. The molecule has 0 radical (unpaired) electrons. The molecule has 5 rings (SSSR count). The summed E-state index contributed by atoms with van der Waals surface area (Å²) in [7, 11) is 0. The number of ether oxygens (including phenoxy) is 1. The number of aryl methyl sites for hydroxylation is 1. The smallest absolute Gasteiger partial charge is 0.416 e. The van der Waals surface area contributed by atoms with Crippen LogP contribution in [0.5, 0.6) is 5.75 Å². The number of carbonyl (C=O) groups excluding carboxylic acids is 2. The van der Waals surface area contributed by atoms with Gasteiger partial charge < -0.3 is 9.84 Å². The molecule has 1 saturated heterocycles. The van der Waals surface area contributed by atoms with Crippen LogP contribution in [0.2, 0.25) is 0 Å². The molecular formula is C25H18F3NO4S. The van der Waals surface area contributed by atoms with Crippen molar-refractivity contribution in [1.82, 2.24) is 0 Å². The highest BCUT2D eigenvalue weighted by Gasteiger charge is 2.48. The number of hydrogen-bond donors (Lipinski definition) is 1. The fraction of sp³-hybridized carbons (Fsp3) is 0.200. The Balaban J connectivity index is 1.70. The average molecular weight is 485 g/mol. The van der Waals surface area contributed by atoms with E-state index in [0.717, 1.165) is 28.2 Å². The highest BCUT2D eigenvalue weighted by molar-refractivity contribution is 7.10. The van der Waals surface area contributed by atoms with E-state index in [4.69, 9.17) is 4.74 Å². The monoisotopic (exact) mass is 485 g/mol. The average Bonchev–Trinajstić information content (AvgIpc) is 3.50. The Hall–Kier alpha value is -3.59. The minimum absolute atomic E-state index is 0.0730. The standard InChI is InChI=1S/C25H18F3NO4S/c1-13-8-10-34-23(13)20-19(21(30)15-5-6-18-14(11-15)7-9-33-18)22(31)24(32)29(20)17-4-2-3-16(12-17)25(26,27)28/h2-6,8,10-12,20,30H,7,9H2,1H3/b21-19-. The number of Topliss-reactive ketones (excluding diaryl/α,β-unsaturated/α-hetero) is 1. The summed E-state index contributed by atoms with van der Waals surface area (Å²) < 4.78 is 45.6. The van der Waals surface area contributed by atoms with Crippen LogP contribution in [0.25, 0.3) is 5.76 Å². The van der Waals surface area contributed by atoms with Gasteiger partial charge >= 0.3 is 6.18 Å². The minimum Gasteiger partial charge on any atom is -0.507 e. The fourth-order valence-electron chi connectivity index (χ4n) is 4.33. The van der Waals surface area contributed by atoms with Gasteiger partial charge in [0.25, 0.3) is 11.7 Å². The van der Waals surface area contributed by atoms with Gasteiger partial charge in [-0.2, -0.15) is 13.2 Å². The van der Waals surface area contributed by atoms with Crippen LogP contribution < -0.4 is 9.64 Å². The maximum atomic E-state index is 13.4. The Morgan fingerprint density at radius 1 is 1.15 bits per heavy atom. The molecule has 1 N–H and O–H groups in total. The Morgan fingerprint density at radius 2 is 1.94 bits per heavy atom. The molecule has 3 heterocycles. The molecule has 1 fully saturated rings. The molecule has 2 aliphatic rings. The first-order valence-corrected chi connectivity index (χ1v) is 11.3. The summed E-state index contributed by atoms with van der Waals surface area (Å²) in [5, 5.41) is 13.0. The predicted molar refractivity (Wildman–Crippen MR) is 121 cm³/mol. The van der Waals surface area contributed by atoms with E-state index in [1.165, 1.54) is 23.5 Å². The number of alkyl halides is 3. The van der Waals surface area contributed by atoms with Gasteiger partial charge in [0.15, 0.2) is 0 Å². The van der Waals surface area contributed by atoms with Crippen LogP contribution in [0, 0.1) is 6.92 Å². The predicted octanol–water partition coefficient (Wildman–Crippen LogP) is 5.64. The lowest BCUT2D eigenvalue weighted by atomic mass is 9.97. The van der Waals surface area contributed by atoms with Crippen molar-refractivity contribution in [3.05, 3.63) is 86.6 Å². The number of fused-ring (bicyclic) bond motifs is 1. The second-order valence-electron chi connectivity index (χ2n) is 8.11. The molecule has 1 aromatic heterocycles. The number of halogens is 3. The molecule has 0 aliphatic carbocycles. The number of anilines is 1. The van der Waals surface area contributed by atoms with Crippen LogP contribution in [0.1, 0.15) is 33.2 Å². The molecule has 34 heavy (non-hydrogen) atoms. The van der Waals surface area contributed by atoms with Crippen LogP contribution >= 0.6 is 11.3 Å². The molecule has 174 valence electrons. The first-order chi connectivity index (χ1) is 16.2. The summed E-state index contributed by atoms with van der Waals surface area (Å²) in [5.41, 5.74) is 0.780. The lowest BCUT2D eigenvalue weighted by molar-refractivity contribution is -0.137. The van der Waals surface area contributed by atoms with E-state index in [0.29, 0.717) is 29.2 Å². The van der Waals surface area contributed by atoms with E-state index in [9.17, 15) is 27.9 Å². The summed E-state index contributed by atoms with van der Waals surface area (Å²) in [6, 6.07) is 9.99. The minimum atomic E-state index is -4.62. The van der Waals surface area contributed by atoms with Crippen LogP contribution in [0.4, 0.5) is 18.9 Å². The molecule has 0 bridgehead atoms. The van der Waals surface area contributed by atoms with Crippen LogP contribution in [0.15, 0.2) is 59.5 Å². The third-order valence-electron chi connectivity index (χ3n) is 6.01. The number of thiophene rings is 1. The zero-order valence-corrected chi connectivity index (χ0v) is 18.7. The largest absolute Gasteiger partial charge is 0.507 e. The van der Waals surface area contributed by atoms with Gasteiger partial charge in [-0.05, 0) is 65.9 Å². The summed E-state index contributed by atoms with van der Waals surface area (Å²) in [5.74, 6) is -1.64.